The van der Waals surface area contributed by atoms with E-state index >= 15 is 0 Å². The van der Waals surface area contributed by atoms with Gasteiger partial charge in [-0.3, -0.25) is 4.79 Å². The summed E-state index contributed by atoms with van der Waals surface area (Å²) in [5.41, 5.74) is 2.22. The maximum atomic E-state index is 12.7. The van der Waals surface area contributed by atoms with Crippen LogP contribution in [-0.2, 0) is 16.0 Å². The number of carbonyl (C=O) groups is 2. The minimum absolute atomic E-state index is 0.209. The Morgan fingerprint density at radius 2 is 2.04 bits per heavy atom. The minimum atomic E-state index is -0.895. The number of fused-ring (bicyclic) bond motifs is 1. The van der Waals surface area contributed by atoms with Crippen molar-refractivity contribution in [2.75, 3.05) is 18.1 Å². The number of hydrogen-bond acceptors (Lipinski definition) is 5. The lowest BCUT2D eigenvalue weighted by Gasteiger charge is -2.22. The molecule has 2 heterocycles. The molecule has 130 valence electrons. The van der Waals surface area contributed by atoms with E-state index in [1.54, 1.807) is 30.9 Å². The van der Waals surface area contributed by atoms with E-state index in [1.807, 2.05) is 24.3 Å². The van der Waals surface area contributed by atoms with E-state index < -0.39 is 12.1 Å². The molecule has 6 heteroatoms. The van der Waals surface area contributed by atoms with E-state index in [4.69, 9.17) is 9.47 Å². The molecule has 0 saturated carbocycles. The van der Waals surface area contributed by atoms with Crippen LogP contribution in [0.25, 0.3) is 0 Å². The van der Waals surface area contributed by atoms with Crippen molar-refractivity contribution in [3.63, 3.8) is 0 Å². The van der Waals surface area contributed by atoms with E-state index in [2.05, 4.69) is 4.98 Å². The van der Waals surface area contributed by atoms with Crippen LogP contribution in [0.5, 0.6) is 5.88 Å². The Kier molecular flexibility index (Phi) is 4.97. The van der Waals surface area contributed by atoms with Crippen molar-refractivity contribution in [1.82, 2.24) is 4.98 Å². The molecule has 1 aromatic heterocycles. The SMILES string of the molecule is CCOc1ncccc1C(=O)O[C@@H](C)C(=O)N1CCc2ccccc21. The Bertz CT molecular complexity index is 790. The van der Waals surface area contributed by atoms with Crippen LogP contribution in [0.3, 0.4) is 0 Å². The number of hydrogen-bond donors (Lipinski definition) is 0. The van der Waals surface area contributed by atoms with E-state index in [-0.39, 0.29) is 17.4 Å². The van der Waals surface area contributed by atoms with Crippen LogP contribution in [0, 0.1) is 0 Å². The number of anilines is 1. The second kappa shape index (κ2) is 7.34. The van der Waals surface area contributed by atoms with Crippen molar-refractivity contribution in [1.29, 1.82) is 0 Å². The monoisotopic (exact) mass is 340 g/mol. The van der Waals surface area contributed by atoms with E-state index in [0.29, 0.717) is 13.2 Å². The quantitative estimate of drug-likeness (QED) is 0.783. The average molecular weight is 340 g/mol. The van der Waals surface area contributed by atoms with Gasteiger partial charge in [0.15, 0.2) is 6.10 Å². The van der Waals surface area contributed by atoms with Crippen LogP contribution in [0.4, 0.5) is 5.69 Å². The normalized spacial score (nSPS) is 13.9. The van der Waals surface area contributed by atoms with Gasteiger partial charge in [0.25, 0.3) is 5.91 Å². The lowest BCUT2D eigenvalue weighted by Crippen LogP contribution is -2.39. The summed E-state index contributed by atoms with van der Waals surface area (Å²) in [6, 6.07) is 11.0. The number of benzene rings is 1. The molecule has 0 bridgehead atoms. The van der Waals surface area contributed by atoms with Gasteiger partial charge in [0, 0.05) is 18.4 Å². The Morgan fingerprint density at radius 3 is 2.84 bits per heavy atom. The average Bonchev–Trinajstić information content (AvgIpc) is 3.05. The molecule has 0 fully saturated rings. The molecule has 0 spiro atoms. The minimum Gasteiger partial charge on any atom is -0.477 e. The van der Waals surface area contributed by atoms with Gasteiger partial charge in [0.05, 0.1) is 6.61 Å². The third kappa shape index (κ3) is 3.47. The van der Waals surface area contributed by atoms with Gasteiger partial charge < -0.3 is 14.4 Å². The number of para-hydroxylation sites is 1. The van der Waals surface area contributed by atoms with Gasteiger partial charge in [0.1, 0.15) is 5.56 Å². The number of nitrogens with zero attached hydrogens (tertiary/aromatic N) is 2. The fourth-order valence-electron chi connectivity index (χ4n) is 2.86. The largest absolute Gasteiger partial charge is 0.477 e. The Balaban J connectivity index is 1.71. The van der Waals surface area contributed by atoms with Crippen molar-refractivity contribution >= 4 is 17.6 Å². The molecule has 2 aromatic rings. The number of rotatable bonds is 5. The summed E-state index contributed by atoms with van der Waals surface area (Å²) in [5, 5.41) is 0. The summed E-state index contributed by atoms with van der Waals surface area (Å²) in [4.78, 5) is 30.8. The highest BCUT2D eigenvalue weighted by molar-refractivity contribution is 6.00. The zero-order valence-electron chi connectivity index (χ0n) is 14.3. The molecule has 3 rings (SSSR count). The molecule has 1 aromatic carbocycles. The molecule has 0 aliphatic carbocycles. The first kappa shape index (κ1) is 17.0. The lowest BCUT2D eigenvalue weighted by molar-refractivity contribution is -0.126. The molecule has 1 aliphatic heterocycles. The first-order valence-electron chi connectivity index (χ1n) is 8.30. The third-order valence-corrected chi connectivity index (χ3v) is 4.06. The van der Waals surface area contributed by atoms with Crippen LogP contribution < -0.4 is 9.64 Å². The highest BCUT2D eigenvalue weighted by Crippen LogP contribution is 2.28. The smallest absolute Gasteiger partial charge is 0.344 e. The van der Waals surface area contributed by atoms with Crippen molar-refractivity contribution in [2.45, 2.75) is 26.4 Å². The second-order valence-electron chi connectivity index (χ2n) is 5.71. The highest BCUT2D eigenvalue weighted by Gasteiger charge is 2.30. The molecule has 25 heavy (non-hydrogen) atoms. The summed E-state index contributed by atoms with van der Waals surface area (Å²) >= 11 is 0. The van der Waals surface area contributed by atoms with Crippen LogP contribution in [0.15, 0.2) is 42.6 Å². The summed E-state index contributed by atoms with van der Waals surface area (Å²) in [5.74, 6) is -0.647. The third-order valence-electron chi connectivity index (χ3n) is 4.06. The maximum absolute atomic E-state index is 12.7. The second-order valence-corrected chi connectivity index (χ2v) is 5.71. The Labute approximate surface area is 146 Å². The topological polar surface area (TPSA) is 68.7 Å². The van der Waals surface area contributed by atoms with Crippen molar-refractivity contribution in [3.05, 3.63) is 53.7 Å². The lowest BCUT2D eigenvalue weighted by atomic mass is 10.2. The molecule has 0 unspecified atom stereocenters. The van der Waals surface area contributed by atoms with Gasteiger partial charge in [-0.15, -0.1) is 0 Å². The molecular weight excluding hydrogens is 320 g/mol. The molecule has 0 N–H and O–H groups in total. The number of pyridine rings is 1. The predicted molar refractivity (Wildman–Crippen MR) is 92.8 cm³/mol. The summed E-state index contributed by atoms with van der Waals surface area (Å²) < 4.78 is 10.7. The van der Waals surface area contributed by atoms with Crippen molar-refractivity contribution in [3.8, 4) is 5.88 Å². The zero-order chi connectivity index (χ0) is 17.8. The number of aromatic nitrogens is 1. The van der Waals surface area contributed by atoms with E-state index in [1.165, 1.54) is 6.20 Å². The fourth-order valence-corrected chi connectivity index (χ4v) is 2.86. The van der Waals surface area contributed by atoms with Crippen molar-refractivity contribution < 1.29 is 19.1 Å². The molecule has 6 nitrogen and oxygen atoms in total. The first-order valence-corrected chi connectivity index (χ1v) is 8.30. The van der Waals surface area contributed by atoms with Crippen LogP contribution in [0.1, 0.15) is 29.8 Å². The molecule has 1 amide bonds. The van der Waals surface area contributed by atoms with Gasteiger partial charge in [-0.25, -0.2) is 9.78 Å². The van der Waals surface area contributed by atoms with Gasteiger partial charge in [-0.05, 0) is 44.0 Å². The number of amides is 1. The molecule has 0 radical (unpaired) electrons. The summed E-state index contributed by atoms with van der Waals surface area (Å²) in [7, 11) is 0. The molecule has 0 saturated heterocycles. The number of carbonyl (C=O) groups excluding carboxylic acids is 2. The van der Waals surface area contributed by atoms with E-state index in [0.717, 1.165) is 17.7 Å². The van der Waals surface area contributed by atoms with Crippen LogP contribution >= 0.6 is 0 Å². The highest BCUT2D eigenvalue weighted by atomic mass is 16.6. The van der Waals surface area contributed by atoms with Gasteiger partial charge >= 0.3 is 5.97 Å². The number of ether oxygens (including phenoxy) is 2. The maximum Gasteiger partial charge on any atom is 0.344 e. The molecule has 1 atom stereocenters. The summed E-state index contributed by atoms with van der Waals surface area (Å²) in [6.45, 7) is 4.37. The van der Waals surface area contributed by atoms with Gasteiger partial charge in [0.2, 0.25) is 5.88 Å². The molecule has 1 aliphatic rings. The zero-order valence-corrected chi connectivity index (χ0v) is 14.3. The van der Waals surface area contributed by atoms with E-state index in [9.17, 15) is 9.59 Å². The van der Waals surface area contributed by atoms with Crippen LogP contribution in [0.2, 0.25) is 0 Å². The molecular formula is C19H20N2O4. The summed E-state index contributed by atoms with van der Waals surface area (Å²) in [6.07, 6.45) is 1.45. The first-order chi connectivity index (χ1) is 12.1. The van der Waals surface area contributed by atoms with Crippen LogP contribution in [-0.4, -0.2) is 36.1 Å². The van der Waals surface area contributed by atoms with Gasteiger partial charge in [-0.2, -0.15) is 0 Å². The number of esters is 1. The Morgan fingerprint density at radius 1 is 1.24 bits per heavy atom. The van der Waals surface area contributed by atoms with Crippen molar-refractivity contribution in [2.24, 2.45) is 0 Å². The fraction of sp³-hybridized carbons (Fsp3) is 0.316. The van der Waals surface area contributed by atoms with Gasteiger partial charge in [-0.1, -0.05) is 18.2 Å². The predicted octanol–water partition coefficient (Wildman–Crippen LogP) is 2.61. The Hall–Kier alpha value is -2.89. The standard InChI is InChI=1S/C19H20N2O4/c1-3-24-17-15(8-6-11-20-17)19(23)25-13(2)18(22)21-12-10-14-7-4-5-9-16(14)21/h4-9,11,13H,3,10,12H2,1-2H3/t13-/m0/s1.